The van der Waals surface area contributed by atoms with Crippen molar-refractivity contribution in [2.24, 2.45) is 11.8 Å². The highest BCUT2D eigenvalue weighted by molar-refractivity contribution is 5.92. The van der Waals surface area contributed by atoms with Crippen molar-refractivity contribution in [1.29, 1.82) is 0 Å². The molecule has 0 unspecified atom stereocenters. The van der Waals surface area contributed by atoms with Crippen LogP contribution in [-0.2, 0) is 4.74 Å². The summed E-state index contributed by atoms with van der Waals surface area (Å²) in [5, 5.41) is 3.11. The lowest BCUT2D eigenvalue weighted by Crippen LogP contribution is -2.42. The Labute approximate surface area is 155 Å². The average molecular weight is 356 g/mol. The largest absolute Gasteiger partial charge is 0.370 e. The number of allylic oxidation sites excluding steroid dienone is 1. The molecule has 0 saturated carbocycles. The highest BCUT2D eigenvalue weighted by Gasteiger charge is 2.62. The van der Waals surface area contributed by atoms with Gasteiger partial charge in [0, 0.05) is 43.7 Å². The van der Waals surface area contributed by atoms with Gasteiger partial charge in [-0.3, -0.25) is 9.69 Å². The highest BCUT2D eigenvalue weighted by atomic mass is 16.5. The monoisotopic (exact) mass is 356 g/mol. The quantitative estimate of drug-likeness (QED) is 0.816. The zero-order valence-electron chi connectivity index (χ0n) is 15.9. The molecule has 3 fully saturated rings. The van der Waals surface area contributed by atoms with E-state index in [0.29, 0.717) is 29.9 Å². The number of carbonyl (C=O) groups is 1. The Kier molecular flexibility index (Phi) is 4.57. The minimum atomic E-state index is -0.112. The molecule has 3 aliphatic rings. The molecule has 4 heterocycles. The third kappa shape index (κ3) is 3.05. The lowest BCUT2D eigenvalue weighted by Gasteiger charge is -2.29. The number of nitrogens with zero attached hydrogens (tertiary/aromatic N) is 3. The van der Waals surface area contributed by atoms with E-state index in [2.05, 4.69) is 39.3 Å². The molecule has 2 bridgehead atoms. The zero-order chi connectivity index (χ0) is 18.3. The van der Waals surface area contributed by atoms with Gasteiger partial charge in [-0.15, -0.1) is 0 Å². The number of ether oxygens (including phenoxy) is 1. The van der Waals surface area contributed by atoms with Crippen LogP contribution in [0.25, 0.3) is 0 Å². The summed E-state index contributed by atoms with van der Waals surface area (Å²) in [6.07, 6.45) is 6.87. The van der Waals surface area contributed by atoms with Crippen LogP contribution in [0.4, 0.5) is 0 Å². The van der Waals surface area contributed by atoms with Crippen molar-refractivity contribution in [3.63, 3.8) is 0 Å². The van der Waals surface area contributed by atoms with Crippen molar-refractivity contribution in [2.45, 2.75) is 45.3 Å². The second-order valence-electron chi connectivity index (χ2n) is 7.95. The summed E-state index contributed by atoms with van der Waals surface area (Å²) in [5.74, 6) is 1.43. The summed E-state index contributed by atoms with van der Waals surface area (Å²) in [7, 11) is 0. The van der Waals surface area contributed by atoms with Crippen molar-refractivity contribution < 1.29 is 9.53 Å². The van der Waals surface area contributed by atoms with E-state index in [1.54, 1.807) is 6.07 Å². The number of hydrogen-bond acceptors (Lipinski definition) is 5. The molecule has 0 radical (unpaired) electrons. The fourth-order valence-electron chi connectivity index (χ4n) is 5.09. The molecule has 6 nitrogen and oxygen atoms in total. The van der Waals surface area contributed by atoms with Crippen LogP contribution in [0.15, 0.2) is 18.2 Å². The Morgan fingerprint density at radius 3 is 3.08 bits per heavy atom. The van der Waals surface area contributed by atoms with Crippen molar-refractivity contribution in [3.05, 3.63) is 35.4 Å². The number of carbonyl (C=O) groups excluding carboxylic acids is 1. The van der Waals surface area contributed by atoms with Gasteiger partial charge in [0.05, 0.1) is 11.7 Å². The number of rotatable bonds is 5. The molecule has 3 aliphatic heterocycles. The Balaban J connectivity index is 1.41. The second kappa shape index (κ2) is 6.74. The lowest BCUT2D eigenvalue weighted by atomic mass is 9.73. The van der Waals surface area contributed by atoms with E-state index in [1.807, 2.05) is 13.8 Å². The van der Waals surface area contributed by atoms with E-state index < -0.39 is 0 Å². The summed E-state index contributed by atoms with van der Waals surface area (Å²) in [5.41, 5.74) is 1.29. The van der Waals surface area contributed by atoms with E-state index >= 15 is 0 Å². The molecule has 1 N–H and O–H groups in total. The van der Waals surface area contributed by atoms with Crippen LogP contribution >= 0.6 is 0 Å². The summed E-state index contributed by atoms with van der Waals surface area (Å²) in [4.78, 5) is 23.5. The second-order valence-corrected chi connectivity index (χ2v) is 7.95. The summed E-state index contributed by atoms with van der Waals surface area (Å²) in [6, 6.07) is 1.75. The molecule has 3 saturated heterocycles. The maximum atomic E-state index is 12.5. The van der Waals surface area contributed by atoms with Gasteiger partial charge in [0.15, 0.2) is 0 Å². The number of likely N-dealkylation sites (tertiary alicyclic amines) is 1. The maximum Gasteiger partial charge on any atom is 0.270 e. The average Bonchev–Trinajstić information content (AvgIpc) is 3.25. The van der Waals surface area contributed by atoms with Gasteiger partial charge in [0.25, 0.3) is 5.91 Å². The minimum absolute atomic E-state index is 0.0176. The Hall–Kier alpha value is -1.79. The van der Waals surface area contributed by atoms with Crippen LogP contribution in [0.2, 0.25) is 0 Å². The molecule has 1 spiro atoms. The van der Waals surface area contributed by atoms with Crippen LogP contribution in [0, 0.1) is 25.7 Å². The van der Waals surface area contributed by atoms with Crippen molar-refractivity contribution in [2.75, 3.05) is 26.2 Å². The maximum absolute atomic E-state index is 12.5. The molecule has 140 valence electrons. The molecule has 4 atom stereocenters. The Bertz CT molecular complexity index is 714. The third-order valence-corrected chi connectivity index (χ3v) is 6.15. The fraction of sp³-hybridized carbons (Fsp3) is 0.650. The van der Waals surface area contributed by atoms with Crippen LogP contribution in [0.1, 0.15) is 41.8 Å². The first-order valence-electron chi connectivity index (χ1n) is 9.62. The van der Waals surface area contributed by atoms with Gasteiger partial charge in [0.2, 0.25) is 0 Å². The molecule has 1 aromatic rings. The van der Waals surface area contributed by atoms with Gasteiger partial charge in [-0.2, -0.15) is 0 Å². The highest BCUT2D eigenvalue weighted by Crippen LogP contribution is 2.54. The van der Waals surface area contributed by atoms with Gasteiger partial charge in [-0.25, -0.2) is 9.97 Å². The van der Waals surface area contributed by atoms with Crippen molar-refractivity contribution in [3.8, 4) is 0 Å². The van der Waals surface area contributed by atoms with Crippen molar-refractivity contribution in [1.82, 2.24) is 20.2 Å². The standard InChI is InChI=1S/C20H28N4O2/c1-4-5-8-24-11-16-15(18-6-7-20(16,12-24)26-18)10-21-19(25)17-9-13(2)22-14(3)23-17/h4-5,9,15-16,18H,6-8,10-12H2,1-3H3,(H,21,25)/b5-4+/t15-,16+,18+,20+/m0/s1. The number of fused-ring (bicyclic) bond motifs is 1. The van der Waals surface area contributed by atoms with E-state index in [0.717, 1.165) is 38.2 Å². The van der Waals surface area contributed by atoms with E-state index in [-0.39, 0.29) is 17.6 Å². The van der Waals surface area contributed by atoms with Gasteiger partial charge in [0.1, 0.15) is 11.5 Å². The van der Waals surface area contributed by atoms with Crippen LogP contribution in [0.3, 0.4) is 0 Å². The number of amides is 1. The fourth-order valence-corrected chi connectivity index (χ4v) is 5.09. The van der Waals surface area contributed by atoms with Crippen LogP contribution < -0.4 is 5.32 Å². The first-order chi connectivity index (χ1) is 12.5. The minimum Gasteiger partial charge on any atom is -0.370 e. The number of aryl methyl sites for hydroxylation is 2. The van der Waals surface area contributed by atoms with Crippen LogP contribution in [0.5, 0.6) is 0 Å². The summed E-state index contributed by atoms with van der Waals surface area (Å²) in [6.45, 7) is 9.50. The topological polar surface area (TPSA) is 67.4 Å². The predicted molar refractivity (Wildman–Crippen MR) is 98.9 cm³/mol. The van der Waals surface area contributed by atoms with Gasteiger partial charge in [-0.1, -0.05) is 12.2 Å². The molecule has 1 aromatic heterocycles. The summed E-state index contributed by atoms with van der Waals surface area (Å²) >= 11 is 0. The first-order valence-corrected chi connectivity index (χ1v) is 9.62. The summed E-state index contributed by atoms with van der Waals surface area (Å²) < 4.78 is 6.44. The third-order valence-electron chi connectivity index (χ3n) is 6.15. The predicted octanol–water partition coefficient (Wildman–Crippen LogP) is 1.88. The van der Waals surface area contributed by atoms with Gasteiger partial charge >= 0.3 is 0 Å². The number of hydrogen-bond donors (Lipinski definition) is 1. The molecule has 4 rings (SSSR count). The molecule has 26 heavy (non-hydrogen) atoms. The number of nitrogens with one attached hydrogen (secondary N) is 1. The first kappa shape index (κ1) is 17.6. The van der Waals surface area contributed by atoms with E-state index in [1.165, 1.54) is 0 Å². The molecule has 1 amide bonds. The molecule has 0 aromatic carbocycles. The van der Waals surface area contributed by atoms with Crippen LogP contribution in [-0.4, -0.2) is 58.7 Å². The van der Waals surface area contributed by atoms with E-state index in [4.69, 9.17) is 4.74 Å². The Morgan fingerprint density at radius 2 is 2.31 bits per heavy atom. The Morgan fingerprint density at radius 1 is 1.46 bits per heavy atom. The van der Waals surface area contributed by atoms with Gasteiger partial charge < -0.3 is 10.1 Å². The molecular weight excluding hydrogens is 328 g/mol. The normalized spacial score (nSPS) is 33.1. The number of aromatic nitrogens is 2. The zero-order valence-corrected chi connectivity index (χ0v) is 15.9. The lowest BCUT2D eigenvalue weighted by molar-refractivity contribution is 0.00364. The molecular formula is C20H28N4O2. The molecule has 0 aliphatic carbocycles. The van der Waals surface area contributed by atoms with Crippen molar-refractivity contribution >= 4 is 5.91 Å². The SMILES string of the molecule is C/C=C/CN1C[C@@H]2[C@H](CNC(=O)c3cc(C)nc(C)n3)[C@H]3CC[C@]2(C1)O3. The van der Waals surface area contributed by atoms with Gasteiger partial charge in [-0.05, 0) is 39.7 Å². The van der Waals surface area contributed by atoms with E-state index in [9.17, 15) is 4.79 Å². The molecule has 6 heteroatoms. The smallest absolute Gasteiger partial charge is 0.270 e.